The molecule has 1 aliphatic heterocycles. The van der Waals surface area contributed by atoms with Crippen molar-refractivity contribution in [2.75, 3.05) is 13.2 Å². The lowest BCUT2D eigenvalue weighted by Crippen LogP contribution is -2.45. The average Bonchev–Trinajstić information content (AvgIpc) is 2.96. The summed E-state index contributed by atoms with van der Waals surface area (Å²) in [6.07, 6.45) is 3.19. The molecular formula is C17H25N3O2. The number of hydrogen-bond acceptors (Lipinski definition) is 4. The summed E-state index contributed by atoms with van der Waals surface area (Å²) in [7, 11) is 0. The Hall–Kier alpha value is -1.59. The van der Waals surface area contributed by atoms with E-state index in [-0.39, 0.29) is 18.6 Å². The van der Waals surface area contributed by atoms with Gasteiger partial charge >= 0.3 is 0 Å². The van der Waals surface area contributed by atoms with Crippen LogP contribution in [0, 0.1) is 19.8 Å². The third-order valence-corrected chi connectivity index (χ3v) is 4.91. The molecule has 22 heavy (non-hydrogen) atoms. The zero-order valence-corrected chi connectivity index (χ0v) is 13.3. The summed E-state index contributed by atoms with van der Waals surface area (Å²) in [4.78, 5) is 12.1. The van der Waals surface area contributed by atoms with Gasteiger partial charge in [0.25, 0.3) is 5.91 Å². The summed E-state index contributed by atoms with van der Waals surface area (Å²) in [6.45, 7) is 5.15. The third kappa shape index (κ3) is 3.42. The van der Waals surface area contributed by atoms with Gasteiger partial charge in [0.2, 0.25) is 0 Å². The maximum atomic E-state index is 12.1. The van der Waals surface area contributed by atoms with Crippen LogP contribution >= 0.6 is 0 Å². The van der Waals surface area contributed by atoms with Gasteiger partial charge in [-0.1, -0.05) is 12.1 Å². The molecule has 2 fully saturated rings. The number of fused-ring (bicyclic) bond motifs is 1. The first kappa shape index (κ1) is 15.3. The highest BCUT2D eigenvalue weighted by Gasteiger charge is 2.34. The Balaban J connectivity index is 1.47. The molecule has 5 nitrogen and oxygen atoms in total. The van der Waals surface area contributed by atoms with E-state index in [0.717, 1.165) is 37.1 Å². The Kier molecular flexibility index (Phi) is 4.64. The molecule has 1 amide bonds. The van der Waals surface area contributed by atoms with Gasteiger partial charge in [0.1, 0.15) is 5.75 Å². The predicted octanol–water partition coefficient (Wildman–Crippen LogP) is 1.44. The van der Waals surface area contributed by atoms with E-state index in [9.17, 15) is 4.79 Å². The van der Waals surface area contributed by atoms with Gasteiger partial charge in [-0.3, -0.25) is 15.6 Å². The number of carbonyl (C=O) groups excluding carboxylic acids is 1. The van der Waals surface area contributed by atoms with Crippen molar-refractivity contribution in [3.63, 3.8) is 0 Å². The Morgan fingerprint density at radius 2 is 2.23 bits per heavy atom. The minimum Gasteiger partial charge on any atom is -0.483 e. The molecule has 0 bridgehead atoms. The number of carbonyl (C=O) groups is 1. The van der Waals surface area contributed by atoms with Crippen molar-refractivity contribution < 1.29 is 9.53 Å². The topological polar surface area (TPSA) is 62.4 Å². The van der Waals surface area contributed by atoms with E-state index in [4.69, 9.17) is 4.74 Å². The Labute approximate surface area is 131 Å². The fourth-order valence-corrected chi connectivity index (χ4v) is 3.43. The normalized spacial score (nSPS) is 27.3. The zero-order chi connectivity index (χ0) is 15.5. The van der Waals surface area contributed by atoms with Gasteiger partial charge in [0.15, 0.2) is 6.61 Å². The lowest BCUT2D eigenvalue weighted by molar-refractivity contribution is -0.124. The first-order valence-corrected chi connectivity index (χ1v) is 8.10. The number of aryl methyl sites for hydroxylation is 1. The molecule has 1 aromatic rings. The van der Waals surface area contributed by atoms with Crippen LogP contribution in [0.25, 0.3) is 0 Å². The zero-order valence-electron chi connectivity index (χ0n) is 13.3. The maximum Gasteiger partial charge on any atom is 0.258 e. The van der Waals surface area contributed by atoms with Gasteiger partial charge in [-0.05, 0) is 56.2 Å². The summed E-state index contributed by atoms with van der Waals surface area (Å²) in [5.74, 6) is 1.39. The van der Waals surface area contributed by atoms with Crippen molar-refractivity contribution in [2.24, 2.45) is 5.92 Å². The van der Waals surface area contributed by atoms with Crippen LogP contribution in [0.3, 0.4) is 0 Å². The van der Waals surface area contributed by atoms with Crippen LogP contribution < -0.4 is 20.9 Å². The lowest BCUT2D eigenvalue weighted by Gasteiger charge is -2.31. The SMILES string of the molecule is Cc1cccc(OCC(=O)NC2CCC3NNCC3C2)c1C. The molecule has 1 saturated heterocycles. The smallest absolute Gasteiger partial charge is 0.258 e. The van der Waals surface area contributed by atoms with Gasteiger partial charge in [0, 0.05) is 18.6 Å². The second-order valence-corrected chi connectivity index (χ2v) is 6.46. The molecule has 3 N–H and O–H groups in total. The van der Waals surface area contributed by atoms with Gasteiger partial charge in [-0.25, -0.2) is 0 Å². The van der Waals surface area contributed by atoms with Crippen molar-refractivity contribution in [2.45, 2.75) is 45.2 Å². The number of benzene rings is 1. The molecular weight excluding hydrogens is 278 g/mol. The van der Waals surface area contributed by atoms with Gasteiger partial charge in [-0.15, -0.1) is 0 Å². The molecule has 0 radical (unpaired) electrons. The number of ether oxygens (including phenoxy) is 1. The molecule has 120 valence electrons. The highest BCUT2D eigenvalue weighted by Crippen LogP contribution is 2.26. The van der Waals surface area contributed by atoms with E-state index in [1.54, 1.807) is 0 Å². The second-order valence-electron chi connectivity index (χ2n) is 6.46. The molecule has 2 aliphatic rings. The fourth-order valence-electron chi connectivity index (χ4n) is 3.43. The van der Waals surface area contributed by atoms with Crippen LogP contribution in [-0.4, -0.2) is 31.1 Å². The summed E-state index contributed by atoms with van der Waals surface area (Å²) >= 11 is 0. The van der Waals surface area contributed by atoms with E-state index in [1.807, 2.05) is 32.0 Å². The van der Waals surface area contributed by atoms with Crippen LogP contribution in [0.1, 0.15) is 30.4 Å². The number of hydrazine groups is 1. The Morgan fingerprint density at radius 3 is 3.09 bits per heavy atom. The standard InChI is InChI=1S/C17H25N3O2/c1-11-4-3-5-16(12(11)2)22-10-17(21)19-14-6-7-15-13(8-14)9-18-20-15/h3-5,13-15,18,20H,6-10H2,1-2H3,(H,19,21). The summed E-state index contributed by atoms with van der Waals surface area (Å²) < 4.78 is 5.67. The fraction of sp³-hybridized carbons (Fsp3) is 0.588. The molecule has 5 heteroatoms. The van der Waals surface area contributed by atoms with E-state index in [1.165, 1.54) is 5.56 Å². The maximum absolute atomic E-state index is 12.1. The van der Waals surface area contributed by atoms with Crippen molar-refractivity contribution in [3.05, 3.63) is 29.3 Å². The minimum absolute atomic E-state index is 0.0247. The lowest BCUT2D eigenvalue weighted by atomic mass is 9.83. The third-order valence-electron chi connectivity index (χ3n) is 4.91. The highest BCUT2D eigenvalue weighted by atomic mass is 16.5. The Bertz CT molecular complexity index is 547. The first-order chi connectivity index (χ1) is 10.6. The summed E-state index contributed by atoms with van der Waals surface area (Å²) in [5.41, 5.74) is 8.79. The Morgan fingerprint density at radius 1 is 1.36 bits per heavy atom. The largest absolute Gasteiger partial charge is 0.483 e. The van der Waals surface area contributed by atoms with Crippen LogP contribution in [0.2, 0.25) is 0 Å². The number of hydrogen-bond donors (Lipinski definition) is 3. The molecule has 3 unspecified atom stereocenters. The van der Waals surface area contributed by atoms with Crippen LogP contribution in [0.5, 0.6) is 5.75 Å². The van der Waals surface area contributed by atoms with Crippen LogP contribution in [-0.2, 0) is 4.79 Å². The molecule has 1 heterocycles. The van der Waals surface area contributed by atoms with E-state index in [2.05, 4.69) is 16.2 Å². The molecule has 3 atom stereocenters. The number of rotatable bonds is 4. The quantitative estimate of drug-likeness (QED) is 0.788. The molecule has 3 rings (SSSR count). The molecule has 0 spiro atoms. The highest BCUT2D eigenvalue weighted by molar-refractivity contribution is 5.77. The van der Waals surface area contributed by atoms with E-state index >= 15 is 0 Å². The van der Waals surface area contributed by atoms with E-state index in [0.29, 0.717) is 12.0 Å². The average molecular weight is 303 g/mol. The van der Waals surface area contributed by atoms with Crippen molar-refractivity contribution >= 4 is 5.91 Å². The van der Waals surface area contributed by atoms with Gasteiger partial charge in [-0.2, -0.15) is 0 Å². The van der Waals surface area contributed by atoms with Crippen LogP contribution in [0.4, 0.5) is 0 Å². The summed E-state index contributed by atoms with van der Waals surface area (Å²) in [5, 5.41) is 3.12. The predicted molar refractivity (Wildman–Crippen MR) is 85.6 cm³/mol. The minimum atomic E-state index is -0.0247. The monoisotopic (exact) mass is 303 g/mol. The van der Waals surface area contributed by atoms with E-state index < -0.39 is 0 Å². The van der Waals surface area contributed by atoms with Crippen molar-refractivity contribution in [1.29, 1.82) is 0 Å². The molecule has 0 aromatic heterocycles. The second kappa shape index (κ2) is 6.67. The number of nitrogens with one attached hydrogen (secondary N) is 3. The van der Waals surface area contributed by atoms with Gasteiger partial charge < -0.3 is 10.1 Å². The van der Waals surface area contributed by atoms with Crippen molar-refractivity contribution in [3.8, 4) is 5.75 Å². The molecule has 1 aromatic carbocycles. The molecule has 1 aliphatic carbocycles. The first-order valence-electron chi connectivity index (χ1n) is 8.10. The number of amides is 1. The van der Waals surface area contributed by atoms with Gasteiger partial charge in [0.05, 0.1) is 0 Å². The van der Waals surface area contributed by atoms with Crippen LogP contribution in [0.15, 0.2) is 18.2 Å². The van der Waals surface area contributed by atoms with Crippen molar-refractivity contribution in [1.82, 2.24) is 16.2 Å². The summed E-state index contributed by atoms with van der Waals surface area (Å²) in [6, 6.07) is 6.76. The molecule has 1 saturated carbocycles.